The van der Waals surface area contributed by atoms with Crippen LogP contribution in [0.1, 0.15) is 274 Å². The van der Waals surface area contributed by atoms with E-state index in [1.54, 1.807) is 313 Å². The van der Waals surface area contributed by atoms with E-state index < -0.39 is 18.9 Å². The summed E-state index contributed by atoms with van der Waals surface area (Å²) in [6.07, 6.45) is 28.5. The Hall–Kier alpha value is -10.6. The van der Waals surface area contributed by atoms with E-state index in [1.165, 1.54) is 108 Å². The summed E-state index contributed by atoms with van der Waals surface area (Å²) in [6.45, 7) is 27.3. The topological polar surface area (TPSA) is 40.2 Å². The number of likely N-dealkylation sites (tertiary alicyclic amines) is 1. The molecule has 6 heteroatoms. The van der Waals surface area contributed by atoms with Gasteiger partial charge in [0, 0.05) is 24.2 Å². The summed E-state index contributed by atoms with van der Waals surface area (Å²) in [5, 5.41) is 88.3. The first-order valence-electron chi connectivity index (χ1n) is 50.4. The van der Waals surface area contributed by atoms with Gasteiger partial charge >= 0.3 is 0 Å². The maximum Gasteiger partial charge on any atom is 0.146 e. The average Bonchev–Trinajstić information content (AvgIpc) is 1.38. The maximum atomic E-state index is 8.05. The van der Waals surface area contributed by atoms with E-state index in [-0.39, 0.29) is 6.04 Å². The van der Waals surface area contributed by atoms with Gasteiger partial charge in [0.1, 0.15) is 31.1 Å². The zero-order valence-electron chi connectivity index (χ0n) is 74.7. The molecule has 5 aliphatic rings. The van der Waals surface area contributed by atoms with Crippen LogP contribution in [0.15, 0.2) is 24.3 Å². The van der Waals surface area contributed by atoms with Gasteiger partial charge in [0.15, 0.2) is 0 Å². The highest BCUT2D eigenvalue weighted by atomic mass is 28.3. The predicted molar refractivity (Wildman–Crippen MR) is 542 cm³/mol. The van der Waals surface area contributed by atoms with Crippen molar-refractivity contribution >= 4 is 299 Å². The summed E-state index contributed by atoms with van der Waals surface area (Å²) in [5.41, 5.74) is 15.3. The Labute approximate surface area is 729 Å². The molecule has 1 fully saturated rings. The molecule has 1 atom stereocenters. The van der Waals surface area contributed by atoms with Crippen molar-refractivity contribution in [1.29, 1.82) is 0 Å². The van der Waals surface area contributed by atoms with Crippen LogP contribution in [0.3, 0.4) is 0 Å². The van der Waals surface area contributed by atoms with Crippen molar-refractivity contribution in [3.05, 3.63) is 68.8 Å². The van der Waals surface area contributed by atoms with Crippen molar-refractivity contribution in [3.8, 4) is 46.3 Å². The zero-order chi connectivity index (χ0) is 82.5. The third-order valence-electron chi connectivity index (χ3n) is 38.0. The Morgan fingerprint density at radius 1 is 0.270 bits per heavy atom. The van der Waals surface area contributed by atoms with Crippen LogP contribution in [0.5, 0.6) is 23.0 Å². The first-order valence-corrected chi connectivity index (χ1v) is 52.6. The van der Waals surface area contributed by atoms with Crippen LogP contribution in [0.25, 0.3) is 291 Å². The lowest BCUT2D eigenvalue weighted by Crippen LogP contribution is -2.52. The molecular weight excluding hydrogens is 1550 g/mol. The molecule has 126 heavy (non-hydrogen) atoms. The van der Waals surface area contributed by atoms with Gasteiger partial charge in [-0.2, -0.15) is 0 Å². The second kappa shape index (κ2) is 21.5. The number of likely N-dealkylation sites (N-methyl/N-ethyl adjacent to an activating group) is 1. The minimum absolute atomic E-state index is 0.169. The van der Waals surface area contributed by atoms with E-state index in [4.69, 9.17) is 18.9 Å². The smallest absolute Gasteiger partial charge is 0.146 e. The van der Waals surface area contributed by atoms with Crippen molar-refractivity contribution in [2.45, 2.75) is 257 Å². The molecule has 0 bridgehead atoms. The Bertz CT molecular complexity index is 9260. The molecule has 35 rings (SSSR count). The molecule has 30 aromatic carbocycles. The third kappa shape index (κ3) is 6.26. The van der Waals surface area contributed by atoms with Crippen LogP contribution < -0.4 is 18.9 Å². The summed E-state index contributed by atoms with van der Waals surface area (Å²) in [5.74, 6) is 15.5. The molecule has 612 valence electrons. The minimum Gasteiger partial charge on any atom is -0.493 e. The molecule has 1 aliphatic heterocycles. The summed E-state index contributed by atoms with van der Waals surface area (Å²) < 4.78 is 30.2. The van der Waals surface area contributed by atoms with Crippen LogP contribution in [0.2, 0.25) is 16.6 Å². The van der Waals surface area contributed by atoms with Gasteiger partial charge in [0.05, 0.1) is 60.0 Å². The molecule has 30 aromatic rings. The first-order chi connectivity index (χ1) is 62.0. The molecular formula is C120H99NO4Si. The molecule has 0 saturated carbocycles. The van der Waals surface area contributed by atoms with E-state index in [1.807, 2.05) is 0 Å². The molecule has 2 spiro atoms. The van der Waals surface area contributed by atoms with E-state index in [0.717, 1.165) is 97.6 Å². The van der Waals surface area contributed by atoms with Crippen LogP contribution in [-0.4, -0.2) is 53.0 Å². The second-order valence-electron chi connectivity index (χ2n) is 43.9. The van der Waals surface area contributed by atoms with Gasteiger partial charge < -0.3 is 18.9 Å². The van der Waals surface area contributed by atoms with Crippen molar-refractivity contribution in [3.63, 3.8) is 0 Å². The molecule has 0 N–H and O–H groups in total. The molecule has 0 radical (unpaired) electrons. The zero-order valence-corrected chi connectivity index (χ0v) is 75.7. The molecule has 1 saturated heterocycles. The molecule has 0 aromatic heterocycles. The van der Waals surface area contributed by atoms with E-state index in [0.29, 0.717) is 43.1 Å². The lowest BCUT2D eigenvalue weighted by atomic mass is 9.47. The van der Waals surface area contributed by atoms with Gasteiger partial charge in [-0.25, -0.2) is 0 Å². The second-order valence-corrected chi connectivity index (χ2v) is 49.5. The normalized spacial score (nSPS) is 18.5. The molecule has 1 unspecified atom stereocenters. The highest BCUT2D eigenvalue weighted by Gasteiger charge is 2.76. The Morgan fingerprint density at radius 2 is 0.476 bits per heavy atom. The third-order valence-corrected chi connectivity index (χ3v) is 44.3. The lowest BCUT2D eigenvalue weighted by molar-refractivity contribution is 0.247. The predicted octanol–water partition coefficient (Wildman–Crippen LogP) is 33.9. The van der Waals surface area contributed by atoms with Crippen molar-refractivity contribution in [2.24, 2.45) is 0 Å². The standard InChI is InChI=1S/C120H99NO4Si/c1-12-16-20-24-28-32-39-122-56-45-54(38-43-126(49(5)6,50(7)8)51(9)10)57(123-40-33-29-25-21-17-13-2)44-52(56)36-37-53-46-59(125-42-35-31-27-23-19-15-4)55(47-58(53)124-41-34-30-26-22-18-14-3)118-120-116-110-104-94-82-74-66-62-60-61-64-68(66)76(82)86-80-72(64)73-65(61)69-67-63(60)71-70(62)78-84(74)92-98-88(78)89-79(71)85-75(67)83-77(69)87-81(73)91-90(80)102(96(86)104)112(116)113-103(91)97(87)105-95(83)101-93(85)99(89)107-106(98)114(108(110)100(92)94)119(120,48-121(118)11)115(107)109(101)111(105)117(113)120/h44-47,49-51,118H,12-35,39-42,48H2,1-11H3. The number of ether oxygens (including phenoxy) is 4. The Kier molecular flexibility index (Phi) is 11.7. The largest absolute Gasteiger partial charge is 0.493 e. The van der Waals surface area contributed by atoms with Crippen molar-refractivity contribution in [2.75, 3.05) is 40.0 Å². The van der Waals surface area contributed by atoms with Crippen LogP contribution in [0.4, 0.5) is 0 Å². The molecule has 4 aliphatic carbocycles. The maximum absolute atomic E-state index is 8.05. The first kappa shape index (κ1) is 68.6. The fourth-order valence-electron chi connectivity index (χ4n) is 34.6. The van der Waals surface area contributed by atoms with E-state index >= 15 is 0 Å². The molecule has 5 nitrogen and oxygen atoms in total. The minimum atomic E-state index is -2.16. The number of rotatable bonds is 36. The summed E-state index contributed by atoms with van der Waals surface area (Å²) in [4.78, 5) is 2.99. The van der Waals surface area contributed by atoms with Crippen molar-refractivity contribution in [1.82, 2.24) is 4.90 Å². The fraction of sp³-hybridized carbons (Fsp3) is 0.383. The number of unbranched alkanes of at least 4 members (excludes halogenated alkanes) is 20. The number of hydrogen-bond acceptors (Lipinski definition) is 5. The lowest BCUT2D eigenvalue weighted by Gasteiger charge is -2.52. The van der Waals surface area contributed by atoms with Crippen molar-refractivity contribution < 1.29 is 18.9 Å². The Morgan fingerprint density at radius 3 is 0.730 bits per heavy atom. The summed E-state index contributed by atoms with van der Waals surface area (Å²) in [6, 6.07) is 9.36. The van der Waals surface area contributed by atoms with Gasteiger partial charge in [0.25, 0.3) is 0 Å². The highest BCUT2D eigenvalue weighted by molar-refractivity contribution is 6.91. The van der Waals surface area contributed by atoms with Crippen LogP contribution >= 0.6 is 0 Å². The van der Waals surface area contributed by atoms with Crippen LogP contribution in [-0.2, 0) is 10.8 Å². The SMILES string of the molecule is CCCCCCCCOc1cc(C#C[Si](C(C)C)(C(C)C)C(C)C)c(OCCCCCCCC)cc1C#Cc1cc(OCCCCCCCC)c(C2N(C)CC34c5c6c7c8c9c%10c(c%11c%12c3c3c5c5c%13c6c6c7c7c9c9c%14c%10c%10c%11c%11c%12c%12c3c3c5c5c%13c%13c6c6c7c9c7c9c%14c%10c%10c%11c%11c%12c3c3c5c5c%13c6c7c6c9c%10c%11c3c56)C824)cc1OCCCCCCCC. The number of benzene rings is 20. The van der Waals surface area contributed by atoms with Gasteiger partial charge in [-0.05, 0) is 375 Å². The number of hydrogen-bond donors (Lipinski definition) is 0. The average molecular weight is 1650 g/mol. The van der Waals surface area contributed by atoms with E-state index in [2.05, 4.69) is 129 Å². The monoisotopic (exact) mass is 1650 g/mol. The molecule has 0 amide bonds. The number of nitrogens with zero attached hydrogens (tertiary/aromatic N) is 1. The quantitative estimate of drug-likeness (QED) is 0.0169. The van der Waals surface area contributed by atoms with E-state index in [9.17, 15) is 0 Å². The van der Waals surface area contributed by atoms with Gasteiger partial charge in [-0.15, -0.1) is 5.54 Å². The van der Waals surface area contributed by atoms with Gasteiger partial charge in [-0.1, -0.05) is 215 Å². The summed E-state index contributed by atoms with van der Waals surface area (Å²) in [7, 11) is 0.451. The van der Waals surface area contributed by atoms with Gasteiger partial charge in [0.2, 0.25) is 0 Å². The Balaban J connectivity index is 0.675. The highest BCUT2D eigenvalue weighted by Crippen LogP contribution is 2.87. The molecule has 1 heterocycles. The van der Waals surface area contributed by atoms with Gasteiger partial charge in [-0.3, -0.25) is 4.90 Å². The van der Waals surface area contributed by atoms with Crippen LogP contribution in [0, 0.1) is 23.3 Å². The summed E-state index contributed by atoms with van der Waals surface area (Å²) >= 11 is 0. The fourth-order valence-corrected chi connectivity index (χ4v) is 39.9.